The third-order valence-electron chi connectivity index (χ3n) is 1.76. The van der Waals surface area contributed by atoms with Gasteiger partial charge in [0.15, 0.2) is 0 Å². The lowest BCUT2D eigenvalue weighted by molar-refractivity contribution is 0.497. The Bertz CT molecular complexity index is 498. The maximum atomic E-state index is 11.7. The van der Waals surface area contributed by atoms with Crippen molar-refractivity contribution in [2.75, 3.05) is 0 Å². The zero-order valence-corrected chi connectivity index (χ0v) is 11.6. The topological polar surface area (TPSA) is 46.2 Å². The van der Waals surface area contributed by atoms with E-state index in [1.165, 1.54) is 6.08 Å². The molecule has 0 atom stereocenters. The van der Waals surface area contributed by atoms with Gasteiger partial charge in [-0.2, -0.15) is 0 Å². The van der Waals surface area contributed by atoms with Crippen LogP contribution in [0.5, 0.6) is 0 Å². The van der Waals surface area contributed by atoms with Crippen molar-refractivity contribution in [1.82, 2.24) is 4.72 Å². The maximum Gasteiger partial charge on any atom is 0.234 e. The Morgan fingerprint density at radius 1 is 1.18 bits per heavy atom. The maximum absolute atomic E-state index is 11.7. The van der Waals surface area contributed by atoms with Crippen molar-refractivity contribution >= 4 is 27.7 Å². The summed E-state index contributed by atoms with van der Waals surface area (Å²) in [4.78, 5) is 0. The van der Waals surface area contributed by atoms with Crippen LogP contribution in [0.4, 0.5) is 0 Å². The normalized spacial score (nSPS) is 13.2. The van der Waals surface area contributed by atoms with Crippen molar-refractivity contribution in [2.24, 2.45) is 0 Å². The molecule has 1 rings (SSSR count). The molecular weight excluding hydrogens is 258 g/mol. The molecule has 94 valence electrons. The van der Waals surface area contributed by atoms with Crippen LogP contribution in [0, 0.1) is 0 Å². The van der Waals surface area contributed by atoms with Crippen molar-refractivity contribution in [1.29, 1.82) is 0 Å². The summed E-state index contributed by atoms with van der Waals surface area (Å²) >= 11 is 5.73. The van der Waals surface area contributed by atoms with Crippen LogP contribution >= 0.6 is 11.6 Å². The van der Waals surface area contributed by atoms with Gasteiger partial charge in [-0.1, -0.05) is 23.7 Å². The van der Waals surface area contributed by atoms with Crippen molar-refractivity contribution in [2.45, 2.75) is 26.3 Å². The Balaban J connectivity index is 2.81. The van der Waals surface area contributed by atoms with Gasteiger partial charge in [-0.3, -0.25) is 0 Å². The first kappa shape index (κ1) is 14.2. The first-order valence-corrected chi connectivity index (χ1v) is 7.08. The lowest BCUT2D eigenvalue weighted by Crippen LogP contribution is -2.39. The van der Waals surface area contributed by atoms with E-state index in [2.05, 4.69) is 4.72 Å². The SMILES string of the molecule is CC(C)(C)NS(=O)(=O)C=Cc1ccc(Cl)cc1. The van der Waals surface area contributed by atoms with Crippen LogP contribution in [0.3, 0.4) is 0 Å². The summed E-state index contributed by atoms with van der Waals surface area (Å²) in [6.45, 7) is 5.38. The van der Waals surface area contributed by atoms with Crippen LogP contribution in [-0.4, -0.2) is 14.0 Å². The van der Waals surface area contributed by atoms with Gasteiger partial charge in [0.25, 0.3) is 0 Å². The quantitative estimate of drug-likeness (QED) is 0.920. The molecule has 3 nitrogen and oxygen atoms in total. The minimum atomic E-state index is -3.41. The Kier molecular flexibility index (Phi) is 4.36. The summed E-state index contributed by atoms with van der Waals surface area (Å²) in [6.07, 6.45) is 1.53. The average Bonchev–Trinajstić information content (AvgIpc) is 2.13. The molecule has 0 aliphatic carbocycles. The van der Waals surface area contributed by atoms with Crippen molar-refractivity contribution < 1.29 is 8.42 Å². The zero-order valence-electron chi connectivity index (χ0n) is 10.1. The molecule has 0 saturated carbocycles. The van der Waals surface area contributed by atoms with Gasteiger partial charge in [0.1, 0.15) is 0 Å². The van der Waals surface area contributed by atoms with Gasteiger partial charge in [0.05, 0.1) is 0 Å². The molecule has 0 aliphatic rings. The highest BCUT2D eigenvalue weighted by Crippen LogP contribution is 2.11. The number of sulfonamides is 1. The summed E-state index contributed by atoms with van der Waals surface area (Å²) in [7, 11) is -3.41. The second kappa shape index (κ2) is 5.21. The minimum Gasteiger partial charge on any atom is -0.208 e. The van der Waals surface area contributed by atoms with E-state index in [9.17, 15) is 8.42 Å². The van der Waals surface area contributed by atoms with Gasteiger partial charge in [0.2, 0.25) is 10.0 Å². The first-order chi connectivity index (χ1) is 7.68. The predicted molar refractivity (Wildman–Crippen MR) is 72.3 cm³/mol. The lowest BCUT2D eigenvalue weighted by atomic mass is 10.1. The van der Waals surface area contributed by atoms with E-state index in [0.29, 0.717) is 5.02 Å². The molecule has 0 aliphatic heterocycles. The molecule has 1 N–H and O–H groups in total. The smallest absolute Gasteiger partial charge is 0.208 e. The van der Waals surface area contributed by atoms with E-state index in [-0.39, 0.29) is 0 Å². The highest BCUT2D eigenvalue weighted by atomic mass is 35.5. The van der Waals surface area contributed by atoms with Crippen LogP contribution in [-0.2, 0) is 10.0 Å². The number of hydrogen-bond acceptors (Lipinski definition) is 2. The Labute approximate surface area is 108 Å². The fraction of sp³-hybridized carbons (Fsp3) is 0.333. The summed E-state index contributed by atoms with van der Waals surface area (Å²) in [6, 6.07) is 6.94. The molecule has 1 aromatic rings. The molecule has 0 unspecified atom stereocenters. The number of benzene rings is 1. The van der Waals surface area contributed by atoms with Gasteiger partial charge >= 0.3 is 0 Å². The molecule has 0 heterocycles. The molecule has 0 bridgehead atoms. The molecule has 5 heteroatoms. The van der Waals surface area contributed by atoms with Gasteiger partial charge in [-0.15, -0.1) is 0 Å². The number of hydrogen-bond donors (Lipinski definition) is 1. The molecule has 0 spiro atoms. The van der Waals surface area contributed by atoms with Gasteiger partial charge < -0.3 is 0 Å². The second-order valence-corrected chi connectivity index (χ2v) is 6.75. The van der Waals surface area contributed by atoms with E-state index in [1.54, 1.807) is 45.0 Å². The van der Waals surface area contributed by atoms with Crippen LogP contribution in [0.2, 0.25) is 5.02 Å². The largest absolute Gasteiger partial charge is 0.234 e. The monoisotopic (exact) mass is 273 g/mol. The molecule has 0 aromatic heterocycles. The van der Waals surface area contributed by atoms with Gasteiger partial charge in [0, 0.05) is 16.0 Å². The fourth-order valence-corrected chi connectivity index (χ4v) is 2.59. The third-order valence-corrected chi connectivity index (χ3v) is 3.40. The standard InChI is InChI=1S/C12H16ClNO2S/c1-12(2,3)14-17(15,16)9-8-10-4-6-11(13)7-5-10/h4-9,14H,1-3H3. The molecular formula is C12H16ClNO2S. The lowest BCUT2D eigenvalue weighted by Gasteiger charge is -2.18. The Morgan fingerprint density at radius 2 is 1.71 bits per heavy atom. The average molecular weight is 274 g/mol. The van der Waals surface area contributed by atoms with E-state index < -0.39 is 15.6 Å². The Morgan fingerprint density at radius 3 is 2.18 bits per heavy atom. The fourth-order valence-electron chi connectivity index (χ4n) is 1.20. The molecule has 0 saturated heterocycles. The second-order valence-electron chi connectivity index (χ2n) is 4.75. The summed E-state index contributed by atoms with van der Waals surface area (Å²) in [5, 5.41) is 1.78. The van der Waals surface area contributed by atoms with E-state index in [4.69, 9.17) is 11.6 Å². The molecule has 0 fully saturated rings. The Hall–Kier alpha value is -0.840. The minimum absolute atomic E-state index is 0.483. The highest BCUT2D eigenvalue weighted by molar-refractivity contribution is 7.92. The molecule has 1 aromatic carbocycles. The third kappa shape index (κ3) is 5.86. The van der Waals surface area contributed by atoms with Gasteiger partial charge in [-0.25, -0.2) is 13.1 Å². The molecule has 0 radical (unpaired) electrons. The van der Waals surface area contributed by atoms with Crippen molar-refractivity contribution in [3.8, 4) is 0 Å². The van der Waals surface area contributed by atoms with Crippen molar-refractivity contribution in [3.05, 3.63) is 40.3 Å². The van der Waals surface area contributed by atoms with Crippen LogP contribution < -0.4 is 4.72 Å². The number of halogens is 1. The van der Waals surface area contributed by atoms with E-state index >= 15 is 0 Å². The van der Waals surface area contributed by atoms with Gasteiger partial charge in [-0.05, 0) is 44.5 Å². The predicted octanol–water partition coefficient (Wildman–Crippen LogP) is 3.03. The number of rotatable bonds is 3. The molecule has 17 heavy (non-hydrogen) atoms. The summed E-state index contributed by atoms with van der Waals surface area (Å²) in [5.74, 6) is 0. The zero-order chi connectivity index (χ0) is 13.1. The van der Waals surface area contributed by atoms with Crippen LogP contribution in [0.1, 0.15) is 26.3 Å². The molecule has 0 amide bonds. The van der Waals surface area contributed by atoms with E-state index in [0.717, 1.165) is 11.0 Å². The summed E-state index contributed by atoms with van der Waals surface area (Å²) < 4.78 is 25.9. The highest BCUT2D eigenvalue weighted by Gasteiger charge is 2.16. The number of nitrogens with one attached hydrogen (secondary N) is 1. The van der Waals surface area contributed by atoms with Crippen molar-refractivity contribution in [3.63, 3.8) is 0 Å². The van der Waals surface area contributed by atoms with Crippen LogP contribution in [0.25, 0.3) is 6.08 Å². The first-order valence-electron chi connectivity index (χ1n) is 5.16. The summed E-state index contributed by atoms with van der Waals surface area (Å²) in [5.41, 5.74) is 0.303. The van der Waals surface area contributed by atoms with Crippen LogP contribution in [0.15, 0.2) is 29.7 Å². The van der Waals surface area contributed by atoms with E-state index in [1.807, 2.05) is 0 Å².